The summed E-state index contributed by atoms with van der Waals surface area (Å²) < 4.78 is 7.17. The molecule has 1 fully saturated rings. The molecular formula is C25H24ClN3O4. The monoisotopic (exact) mass is 465 g/mol. The second kappa shape index (κ2) is 8.56. The van der Waals surface area contributed by atoms with Crippen LogP contribution in [0, 0.1) is 12.8 Å². The van der Waals surface area contributed by atoms with Crippen molar-refractivity contribution in [1.82, 2.24) is 9.72 Å². The highest BCUT2D eigenvalue weighted by atomic mass is 35.5. The Morgan fingerprint density at radius 3 is 2.88 bits per heavy atom. The first kappa shape index (κ1) is 21.5. The van der Waals surface area contributed by atoms with Gasteiger partial charge < -0.3 is 19.5 Å². The molecule has 1 amide bonds. The second-order valence-corrected chi connectivity index (χ2v) is 9.17. The lowest BCUT2D eigenvalue weighted by atomic mass is 9.83. The van der Waals surface area contributed by atoms with Crippen molar-refractivity contribution in [2.75, 3.05) is 5.32 Å². The molecule has 170 valence electrons. The molecule has 0 saturated heterocycles. The highest BCUT2D eigenvalue weighted by Gasteiger charge is 2.29. The van der Waals surface area contributed by atoms with E-state index in [-0.39, 0.29) is 29.2 Å². The summed E-state index contributed by atoms with van der Waals surface area (Å²) in [5.74, 6) is 0.622. The number of phenolic OH excluding ortho intramolecular Hbond substituents is 1. The number of pyridine rings is 1. The van der Waals surface area contributed by atoms with E-state index in [0.717, 1.165) is 30.2 Å². The van der Waals surface area contributed by atoms with Crippen LogP contribution in [0.3, 0.4) is 0 Å². The molecule has 5 rings (SSSR count). The van der Waals surface area contributed by atoms with Crippen LogP contribution in [-0.4, -0.2) is 20.7 Å². The number of halogens is 1. The van der Waals surface area contributed by atoms with E-state index in [0.29, 0.717) is 40.2 Å². The molecule has 7 nitrogen and oxygen atoms in total. The fourth-order valence-corrected chi connectivity index (χ4v) is 5.33. The molecule has 2 aromatic heterocycles. The molecule has 0 bridgehead atoms. The number of aryl methyl sites for hydroxylation is 1. The Hall–Kier alpha value is -3.32. The number of nitrogens with zero attached hydrogens (tertiary/aromatic N) is 2. The van der Waals surface area contributed by atoms with E-state index < -0.39 is 0 Å². The van der Waals surface area contributed by atoms with E-state index in [1.165, 1.54) is 6.07 Å². The van der Waals surface area contributed by atoms with Crippen molar-refractivity contribution < 1.29 is 14.4 Å². The zero-order chi connectivity index (χ0) is 23.1. The lowest BCUT2D eigenvalue weighted by Gasteiger charge is -2.31. The summed E-state index contributed by atoms with van der Waals surface area (Å²) in [7, 11) is 0. The van der Waals surface area contributed by atoms with Crippen molar-refractivity contribution in [2.24, 2.45) is 5.92 Å². The van der Waals surface area contributed by atoms with E-state index in [9.17, 15) is 14.7 Å². The molecule has 2 aromatic carbocycles. The number of anilines is 1. The highest BCUT2D eigenvalue weighted by Crippen LogP contribution is 2.38. The summed E-state index contributed by atoms with van der Waals surface area (Å²) in [5.41, 5.74) is 1.67. The van der Waals surface area contributed by atoms with Gasteiger partial charge in [0.25, 0.3) is 5.56 Å². The third kappa shape index (κ3) is 3.97. The van der Waals surface area contributed by atoms with Crippen LogP contribution in [0.25, 0.3) is 21.8 Å². The average Bonchev–Trinajstić information content (AvgIpc) is 3.16. The summed E-state index contributed by atoms with van der Waals surface area (Å²) in [6.07, 6.45) is 3.76. The molecule has 1 aliphatic rings. The number of nitrogens with one attached hydrogen (secondary N) is 1. The summed E-state index contributed by atoms with van der Waals surface area (Å²) >= 11 is 6.53. The maximum atomic E-state index is 13.6. The molecule has 0 unspecified atom stereocenters. The van der Waals surface area contributed by atoms with Gasteiger partial charge >= 0.3 is 0 Å². The summed E-state index contributed by atoms with van der Waals surface area (Å²) in [6, 6.07) is 12.0. The molecule has 0 spiro atoms. The number of amides is 1. The van der Waals surface area contributed by atoms with Crippen LogP contribution in [0.5, 0.6) is 5.75 Å². The van der Waals surface area contributed by atoms with Gasteiger partial charge in [-0.3, -0.25) is 9.59 Å². The number of carbonyl (C=O) groups is 1. The van der Waals surface area contributed by atoms with Crippen LogP contribution in [0.4, 0.5) is 5.69 Å². The average molecular weight is 466 g/mol. The van der Waals surface area contributed by atoms with E-state index in [1.807, 2.05) is 16.7 Å². The van der Waals surface area contributed by atoms with Gasteiger partial charge in [-0.15, -0.1) is 0 Å². The van der Waals surface area contributed by atoms with Crippen molar-refractivity contribution in [3.63, 3.8) is 0 Å². The maximum Gasteiger partial charge on any atom is 0.264 e. The topological polar surface area (TPSA) is 97.4 Å². The first-order valence-corrected chi connectivity index (χ1v) is 11.5. The quantitative estimate of drug-likeness (QED) is 0.410. The lowest BCUT2D eigenvalue weighted by Crippen LogP contribution is -2.30. The van der Waals surface area contributed by atoms with Crippen molar-refractivity contribution in [1.29, 1.82) is 0 Å². The van der Waals surface area contributed by atoms with Crippen molar-refractivity contribution in [2.45, 2.75) is 45.1 Å². The standard InChI is InChI=1S/C25H24ClN3O4/c1-14-22-24(28-33-14)23-19(26)9-4-10-20(23)29(25(22)32)17-7-2-5-15(11-17)12-21(31)27-16-6-3-8-18(30)13-16/h3-4,6,8-10,13,15,17,30H,2,5,7,11-12H2,1H3,(H,27,31)/t15-,17+/m1/s1. The zero-order valence-electron chi connectivity index (χ0n) is 18.2. The van der Waals surface area contributed by atoms with Crippen molar-refractivity contribution >= 4 is 45.0 Å². The molecule has 4 aromatic rings. The first-order chi connectivity index (χ1) is 15.9. The Morgan fingerprint density at radius 2 is 2.06 bits per heavy atom. The predicted molar refractivity (Wildman–Crippen MR) is 128 cm³/mol. The van der Waals surface area contributed by atoms with Gasteiger partial charge in [-0.2, -0.15) is 0 Å². The zero-order valence-corrected chi connectivity index (χ0v) is 18.9. The minimum atomic E-state index is -0.131. The van der Waals surface area contributed by atoms with Crippen LogP contribution in [-0.2, 0) is 4.79 Å². The van der Waals surface area contributed by atoms with Gasteiger partial charge in [0, 0.05) is 29.6 Å². The molecule has 2 N–H and O–H groups in total. The lowest BCUT2D eigenvalue weighted by molar-refractivity contribution is -0.117. The van der Waals surface area contributed by atoms with Crippen LogP contribution in [0.15, 0.2) is 51.8 Å². The number of rotatable bonds is 4. The number of aromatic hydroxyl groups is 1. The Balaban J connectivity index is 1.46. The molecule has 1 aliphatic carbocycles. The molecular weight excluding hydrogens is 442 g/mol. The molecule has 1 saturated carbocycles. The SMILES string of the molecule is Cc1onc2c1c(=O)n([C@H]1CCC[C@@H](CC(=O)Nc3cccc(O)c3)C1)c1cccc(Cl)c21. The van der Waals surface area contributed by atoms with Gasteiger partial charge in [0.05, 0.1) is 10.5 Å². The van der Waals surface area contributed by atoms with E-state index in [4.69, 9.17) is 16.1 Å². The van der Waals surface area contributed by atoms with E-state index >= 15 is 0 Å². The van der Waals surface area contributed by atoms with Crippen molar-refractivity contribution in [3.05, 3.63) is 63.6 Å². The number of phenols is 1. The Morgan fingerprint density at radius 1 is 1.24 bits per heavy atom. The van der Waals surface area contributed by atoms with Gasteiger partial charge in [0.15, 0.2) is 0 Å². The molecule has 33 heavy (non-hydrogen) atoms. The number of carbonyl (C=O) groups excluding carboxylic acids is 1. The summed E-state index contributed by atoms with van der Waals surface area (Å²) in [4.78, 5) is 26.2. The van der Waals surface area contributed by atoms with Gasteiger partial charge in [-0.05, 0) is 56.4 Å². The second-order valence-electron chi connectivity index (χ2n) is 8.76. The third-order valence-electron chi connectivity index (χ3n) is 6.51. The smallest absolute Gasteiger partial charge is 0.264 e. The molecule has 0 aliphatic heterocycles. The number of hydrogen-bond acceptors (Lipinski definition) is 5. The van der Waals surface area contributed by atoms with Crippen molar-refractivity contribution in [3.8, 4) is 5.75 Å². The first-order valence-electron chi connectivity index (χ1n) is 11.1. The molecule has 2 heterocycles. The largest absolute Gasteiger partial charge is 0.508 e. The summed E-state index contributed by atoms with van der Waals surface area (Å²) in [6.45, 7) is 1.74. The Labute approximate surface area is 194 Å². The molecule has 0 radical (unpaired) electrons. The predicted octanol–water partition coefficient (Wildman–Crippen LogP) is 5.57. The highest BCUT2D eigenvalue weighted by molar-refractivity contribution is 6.37. The van der Waals surface area contributed by atoms with Gasteiger partial charge in [0.2, 0.25) is 5.91 Å². The number of fused-ring (bicyclic) bond motifs is 3. The maximum absolute atomic E-state index is 13.6. The van der Waals surface area contributed by atoms with Crippen LogP contribution in [0.1, 0.15) is 43.9 Å². The van der Waals surface area contributed by atoms with Gasteiger partial charge in [-0.25, -0.2) is 0 Å². The van der Waals surface area contributed by atoms with Crippen LogP contribution in [0.2, 0.25) is 5.02 Å². The Kier molecular flexibility index (Phi) is 5.58. The minimum absolute atomic E-state index is 0.0514. The fourth-order valence-electron chi connectivity index (χ4n) is 5.08. The number of hydrogen-bond donors (Lipinski definition) is 2. The Bertz CT molecular complexity index is 1420. The fraction of sp³-hybridized carbons (Fsp3) is 0.320. The van der Waals surface area contributed by atoms with Crippen LogP contribution >= 0.6 is 11.6 Å². The van der Waals surface area contributed by atoms with Gasteiger partial charge in [-0.1, -0.05) is 35.3 Å². The normalized spacial score (nSPS) is 18.6. The molecule has 8 heteroatoms. The summed E-state index contributed by atoms with van der Waals surface area (Å²) in [5, 5.41) is 18.3. The number of aromatic nitrogens is 2. The molecule has 2 atom stereocenters. The van der Waals surface area contributed by atoms with Gasteiger partial charge in [0.1, 0.15) is 22.4 Å². The number of benzene rings is 2. The third-order valence-corrected chi connectivity index (χ3v) is 6.82. The van der Waals surface area contributed by atoms with E-state index in [1.54, 1.807) is 31.2 Å². The van der Waals surface area contributed by atoms with E-state index in [2.05, 4.69) is 10.5 Å². The van der Waals surface area contributed by atoms with Crippen LogP contribution < -0.4 is 10.9 Å². The minimum Gasteiger partial charge on any atom is -0.508 e.